The Labute approximate surface area is 123 Å². The third-order valence-electron chi connectivity index (χ3n) is 3.38. The van der Waals surface area contributed by atoms with Crippen LogP contribution in [0, 0.1) is 6.92 Å². The molecule has 2 aromatic carbocycles. The molecule has 0 bridgehead atoms. The molecule has 0 saturated carbocycles. The van der Waals surface area contributed by atoms with Crippen molar-refractivity contribution in [1.29, 1.82) is 0 Å². The van der Waals surface area contributed by atoms with Crippen molar-refractivity contribution in [3.63, 3.8) is 0 Å². The fourth-order valence-corrected chi connectivity index (χ4v) is 2.43. The van der Waals surface area contributed by atoms with Gasteiger partial charge < -0.3 is 0 Å². The Bertz CT molecular complexity index is 891. The smallest absolute Gasteiger partial charge is 0.266 e. The molecule has 0 N–H and O–H groups in total. The van der Waals surface area contributed by atoms with Gasteiger partial charge in [0.15, 0.2) is 0 Å². The zero-order chi connectivity index (χ0) is 14.8. The van der Waals surface area contributed by atoms with E-state index in [1.807, 2.05) is 74.5 Å². The molecule has 0 aliphatic carbocycles. The van der Waals surface area contributed by atoms with Crippen molar-refractivity contribution in [2.75, 3.05) is 0 Å². The minimum atomic E-state index is -0.0423. The molecule has 0 radical (unpaired) electrons. The molecule has 0 atom stereocenters. The van der Waals surface area contributed by atoms with E-state index in [0.717, 1.165) is 16.8 Å². The highest BCUT2D eigenvalue weighted by atomic mass is 16.1. The third kappa shape index (κ3) is 2.38. The van der Waals surface area contributed by atoms with Crippen LogP contribution in [0.2, 0.25) is 0 Å². The van der Waals surface area contributed by atoms with Gasteiger partial charge in [-0.1, -0.05) is 30.3 Å². The quantitative estimate of drug-likeness (QED) is 0.715. The van der Waals surface area contributed by atoms with Crippen LogP contribution in [0.25, 0.3) is 22.7 Å². The van der Waals surface area contributed by atoms with E-state index in [-0.39, 0.29) is 5.56 Å². The molecule has 3 aromatic rings. The number of hydrogen-bond acceptors (Lipinski definition) is 2. The molecule has 1 aromatic heterocycles. The van der Waals surface area contributed by atoms with E-state index in [9.17, 15) is 4.79 Å². The average Bonchev–Trinajstić information content (AvgIpc) is 2.48. The Morgan fingerprint density at radius 3 is 2.67 bits per heavy atom. The number of allylic oxidation sites excluding steroid dienone is 1. The lowest BCUT2D eigenvalue weighted by molar-refractivity contribution is 0.941. The molecule has 3 nitrogen and oxygen atoms in total. The predicted molar refractivity (Wildman–Crippen MR) is 86.8 cm³/mol. The van der Waals surface area contributed by atoms with Crippen LogP contribution in [0.3, 0.4) is 0 Å². The van der Waals surface area contributed by atoms with Crippen molar-refractivity contribution in [3.05, 3.63) is 76.3 Å². The average molecular weight is 276 g/mol. The summed E-state index contributed by atoms with van der Waals surface area (Å²) in [5.41, 5.74) is 2.63. The van der Waals surface area contributed by atoms with Gasteiger partial charge in [-0.2, -0.15) is 0 Å². The Kier molecular flexibility index (Phi) is 3.40. The number of aryl methyl sites for hydroxylation is 1. The normalized spacial score (nSPS) is 11.3. The molecular weight excluding hydrogens is 260 g/mol. The molecule has 0 spiro atoms. The maximum absolute atomic E-state index is 12.8. The minimum Gasteiger partial charge on any atom is -0.268 e. The molecule has 21 heavy (non-hydrogen) atoms. The summed E-state index contributed by atoms with van der Waals surface area (Å²) in [5, 5.41) is 0.632. The maximum atomic E-state index is 12.8. The zero-order valence-corrected chi connectivity index (χ0v) is 12.1. The van der Waals surface area contributed by atoms with Crippen LogP contribution in [0.1, 0.15) is 18.3 Å². The molecule has 0 aliphatic rings. The Hall–Kier alpha value is -2.68. The number of benzene rings is 2. The molecule has 3 rings (SSSR count). The highest BCUT2D eigenvalue weighted by Crippen LogP contribution is 2.15. The third-order valence-corrected chi connectivity index (χ3v) is 3.38. The van der Waals surface area contributed by atoms with Crippen LogP contribution >= 0.6 is 0 Å². The van der Waals surface area contributed by atoms with Crippen LogP contribution in [0.5, 0.6) is 0 Å². The van der Waals surface area contributed by atoms with Gasteiger partial charge in [0.1, 0.15) is 5.82 Å². The van der Waals surface area contributed by atoms with E-state index in [0.29, 0.717) is 11.2 Å². The molecule has 0 saturated heterocycles. The molecule has 1 heterocycles. The summed E-state index contributed by atoms with van der Waals surface area (Å²) in [6.45, 7) is 3.93. The fourth-order valence-electron chi connectivity index (χ4n) is 2.43. The van der Waals surface area contributed by atoms with Gasteiger partial charge in [-0.05, 0) is 49.8 Å². The van der Waals surface area contributed by atoms with Crippen molar-refractivity contribution in [1.82, 2.24) is 9.55 Å². The number of aromatic nitrogens is 2. The van der Waals surface area contributed by atoms with Crippen LogP contribution in [0.15, 0.2) is 59.4 Å². The Morgan fingerprint density at radius 2 is 1.90 bits per heavy atom. The van der Waals surface area contributed by atoms with E-state index in [4.69, 9.17) is 0 Å². The fraction of sp³-hybridized carbons (Fsp3) is 0.111. The topological polar surface area (TPSA) is 34.9 Å². The van der Waals surface area contributed by atoms with E-state index in [2.05, 4.69) is 4.98 Å². The second-order valence-corrected chi connectivity index (χ2v) is 4.97. The van der Waals surface area contributed by atoms with Crippen molar-refractivity contribution in [3.8, 4) is 5.69 Å². The summed E-state index contributed by atoms with van der Waals surface area (Å²) in [6, 6.07) is 15.3. The summed E-state index contributed by atoms with van der Waals surface area (Å²) in [4.78, 5) is 17.4. The number of para-hydroxylation sites is 1. The Balaban J connectivity index is 2.42. The van der Waals surface area contributed by atoms with Crippen molar-refractivity contribution < 1.29 is 0 Å². The van der Waals surface area contributed by atoms with Gasteiger partial charge >= 0.3 is 0 Å². The highest BCUT2D eigenvalue weighted by Gasteiger charge is 2.10. The summed E-state index contributed by atoms with van der Waals surface area (Å²) in [6.07, 6.45) is 3.75. The predicted octanol–water partition coefficient (Wildman–Crippen LogP) is 3.73. The first-order valence-corrected chi connectivity index (χ1v) is 6.92. The van der Waals surface area contributed by atoms with Crippen LogP contribution < -0.4 is 5.56 Å². The first-order valence-electron chi connectivity index (χ1n) is 6.92. The van der Waals surface area contributed by atoms with Crippen molar-refractivity contribution >= 4 is 17.0 Å². The first kappa shape index (κ1) is 13.3. The largest absolute Gasteiger partial charge is 0.268 e. The lowest BCUT2D eigenvalue weighted by Gasteiger charge is -2.11. The van der Waals surface area contributed by atoms with Gasteiger partial charge in [0, 0.05) is 0 Å². The van der Waals surface area contributed by atoms with Gasteiger partial charge in [0.25, 0.3) is 5.56 Å². The van der Waals surface area contributed by atoms with E-state index in [1.54, 1.807) is 4.57 Å². The van der Waals surface area contributed by atoms with E-state index in [1.165, 1.54) is 0 Å². The van der Waals surface area contributed by atoms with Gasteiger partial charge in [-0.3, -0.25) is 9.36 Å². The number of fused-ring (bicyclic) bond motifs is 1. The number of rotatable bonds is 2. The SMILES string of the molecule is C/C=C/c1nc2ccccc2c(=O)n1-c1cccc(C)c1. The van der Waals surface area contributed by atoms with Gasteiger partial charge in [0.05, 0.1) is 16.6 Å². The van der Waals surface area contributed by atoms with Crippen LogP contribution in [-0.2, 0) is 0 Å². The van der Waals surface area contributed by atoms with Crippen molar-refractivity contribution in [2.45, 2.75) is 13.8 Å². The summed E-state index contributed by atoms with van der Waals surface area (Å²) < 4.78 is 1.66. The highest BCUT2D eigenvalue weighted by molar-refractivity contribution is 5.78. The van der Waals surface area contributed by atoms with Crippen LogP contribution in [0.4, 0.5) is 0 Å². The maximum Gasteiger partial charge on any atom is 0.266 e. The summed E-state index contributed by atoms with van der Waals surface area (Å²) in [7, 11) is 0. The molecule has 104 valence electrons. The number of hydrogen-bond donors (Lipinski definition) is 0. The summed E-state index contributed by atoms with van der Waals surface area (Å²) >= 11 is 0. The van der Waals surface area contributed by atoms with Crippen molar-refractivity contribution in [2.24, 2.45) is 0 Å². The van der Waals surface area contributed by atoms with Gasteiger partial charge in [-0.15, -0.1) is 0 Å². The van der Waals surface area contributed by atoms with Gasteiger partial charge in [0.2, 0.25) is 0 Å². The van der Waals surface area contributed by atoms with Gasteiger partial charge in [-0.25, -0.2) is 4.98 Å². The molecular formula is C18H16N2O. The Morgan fingerprint density at radius 1 is 1.10 bits per heavy atom. The standard InChI is InChI=1S/C18H16N2O/c1-3-7-17-19-16-11-5-4-10-15(16)18(21)20(17)14-9-6-8-13(2)12-14/h3-12H,1-2H3/b7-3+. The van der Waals surface area contributed by atoms with Crippen LogP contribution in [-0.4, -0.2) is 9.55 Å². The van der Waals surface area contributed by atoms with E-state index < -0.39 is 0 Å². The first-order chi connectivity index (χ1) is 10.2. The minimum absolute atomic E-state index is 0.0423. The second kappa shape index (κ2) is 5.37. The number of nitrogens with zero attached hydrogens (tertiary/aromatic N) is 2. The van der Waals surface area contributed by atoms with E-state index >= 15 is 0 Å². The monoisotopic (exact) mass is 276 g/mol. The summed E-state index contributed by atoms with van der Waals surface area (Å²) in [5.74, 6) is 0.645. The zero-order valence-electron chi connectivity index (χ0n) is 12.1. The molecule has 0 unspecified atom stereocenters. The second-order valence-electron chi connectivity index (χ2n) is 4.97. The molecule has 0 fully saturated rings. The lowest BCUT2D eigenvalue weighted by Crippen LogP contribution is -2.22. The molecule has 0 aliphatic heterocycles. The lowest BCUT2D eigenvalue weighted by atomic mass is 10.2. The molecule has 0 amide bonds. The molecule has 3 heteroatoms.